The summed E-state index contributed by atoms with van der Waals surface area (Å²) in [4.78, 5) is 14.3. The van der Waals surface area contributed by atoms with E-state index >= 15 is 0 Å². The number of hydrogen-bond acceptors (Lipinski definition) is 2. The summed E-state index contributed by atoms with van der Waals surface area (Å²) < 4.78 is 5.42. The van der Waals surface area contributed by atoms with Crippen LogP contribution in [0.1, 0.15) is 23.6 Å². The molecule has 0 unspecified atom stereocenters. The Morgan fingerprint density at radius 2 is 1.87 bits per heavy atom. The molecular weight excluding hydrogens is 286 g/mol. The highest BCUT2D eigenvalue weighted by atomic mass is 16.5. The zero-order valence-electron chi connectivity index (χ0n) is 13.4. The van der Waals surface area contributed by atoms with E-state index < -0.39 is 0 Å². The van der Waals surface area contributed by atoms with E-state index in [1.807, 2.05) is 48.2 Å². The predicted octanol–water partition coefficient (Wildman–Crippen LogP) is 3.68. The number of rotatable bonds is 4. The average Bonchev–Trinajstić information content (AvgIpc) is 2.60. The monoisotopic (exact) mass is 307 g/mol. The molecule has 1 heterocycles. The first kappa shape index (κ1) is 15.3. The third kappa shape index (κ3) is 3.81. The van der Waals surface area contributed by atoms with Crippen LogP contribution in [0.3, 0.4) is 0 Å². The summed E-state index contributed by atoms with van der Waals surface area (Å²) >= 11 is 0. The summed E-state index contributed by atoms with van der Waals surface area (Å²) in [6.07, 6.45) is 4.45. The maximum absolute atomic E-state index is 12.4. The number of amides is 1. The first-order chi connectivity index (χ1) is 11.3. The molecule has 0 aliphatic carbocycles. The Balaban J connectivity index is 1.63. The Hall–Kier alpha value is -2.55. The summed E-state index contributed by atoms with van der Waals surface area (Å²) in [7, 11) is 0. The van der Waals surface area contributed by atoms with Gasteiger partial charge in [-0.3, -0.25) is 4.79 Å². The quantitative estimate of drug-likeness (QED) is 0.806. The Labute approximate surface area is 137 Å². The van der Waals surface area contributed by atoms with Crippen LogP contribution in [0.25, 0.3) is 6.08 Å². The number of nitrogens with zero attached hydrogens (tertiary/aromatic N) is 1. The van der Waals surface area contributed by atoms with Crippen molar-refractivity contribution in [3.8, 4) is 5.75 Å². The van der Waals surface area contributed by atoms with E-state index in [1.54, 1.807) is 6.08 Å². The number of hydrogen-bond donors (Lipinski definition) is 0. The minimum absolute atomic E-state index is 0.0633. The molecule has 0 saturated heterocycles. The molecule has 1 amide bonds. The third-order valence-electron chi connectivity index (χ3n) is 4.05. The van der Waals surface area contributed by atoms with E-state index in [9.17, 15) is 4.79 Å². The van der Waals surface area contributed by atoms with Crippen molar-refractivity contribution in [1.82, 2.24) is 4.90 Å². The topological polar surface area (TPSA) is 29.5 Å². The van der Waals surface area contributed by atoms with Crippen LogP contribution < -0.4 is 4.74 Å². The number of benzene rings is 2. The zero-order valence-corrected chi connectivity index (χ0v) is 13.4. The molecule has 0 N–H and O–H groups in total. The fourth-order valence-corrected chi connectivity index (χ4v) is 2.80. The van der Waals surface area contributed by atoms with Gasteiger partial charge in [0.1, 0.15) is 5.75 Å². The average molecular weight is 307 g/mol. The van der Waals surface area contributed by atoms with E-state index in [0.717, 1.165) is 24.3 Å². The lowest BCUT2D eigenvalue weighted by molar-refractivity contribution is -0.126. The van der Waals surface area contributed by atoms with Crippen molar-refractivity contribution >= 4 is 12.0 Å². The fourth-order valence-electron chi connectivity index (χ4n) is 2.80. The maximum Gasteiger partial charge on any atom is 0.246 e. The van der Waals surface area contributed by atoms with Crippen LogP contribution in [0.5, 0.6) is 5.75 Å². The molecule has 118 valence electrons. The van der Waals surface area contributed by atoms with Gasteiger partial charge in [0.05, 0.1) is 6.61 Å². The van der Waals surface area contributed by atoms with Gasteiger partial charge >= 0.3 is 0 Å². The van der Waals surface area contributed by atoms with Gasteiger partial charge in [-0.2, -0.15) is 0 Å². The molecule has 3 heteroatoms. The second kappa shape index (κ2) is 7.14. The Kier molecular flexibility index (Phi) is 4.77. The highest BCUT2D eigenvalue weighted by Gasteiger charge is 2.18. The van der Waals surface area contributed by atoms with Crippen molar-refractivity contribution < 1.29 is 9.53 Å². The smallest absolute Gasteiger partial charge is 0.246 e. The molecule has 2 aromatic carbocycles. The van der Waals surface area contributed by atoms with Crippen LogP contribution in [-0.4, -0.2) is 24.0 Å². The van der Waals surface area contributed by atoms with Gasteiger partial charge < -0.3 is 9.64 Å². The minimum atomic E-state index is 0.0633. The number of carbonyl (C=O) groups is 1. The van der Waals surface area contributed by atoms with E-state index in [1.165, 1.54) is 11.1 Å². The Morgan fingerprint density at radius 1 is 1.13 bits per heavy atom. The molecule has 0 bridgehead atoms. The van der Waals surface area contributed by atoms with Crippen molar-refractivity contribution in [2.45, 2.75) is 19.9 Å². The number of ether oxygens (including phenoxy) is 1. The molecule has 0 spiro atoms. The number of fused-ring (bicyclic) bond motifs is 1. The lowest BCUT2D eigenvalue weighted by Gasteiger charge is -2.27. The maximum atomic E-state index is 12.4. The molecule has 0 saturated carbocycles. The molecule has 0 radical (unpaired) electrons. The van der Waals surface area contributed by atoms with Crippen LogP contribution in [0, 0.1) is 0 Å². The summed E-state index contributed by atoms with van der Waals surface area (Å²) in [5, 5.41) is 0. The van der Waals surface area contributed by atoms with Crippen molar-refractivity contribution in [3.05, 3.63) is 71.3 Å². The van der Waals surface area contributed by atoms with Crippen molar-refractivity contribution in [2.75, 3.05) is 13.2 Å². The molecule has 3 nitrogen and oxygen atoms in total. The molecule has 2 aromatic rings. The van der Waals surface area contributed by atoms with Crippen molar-refractivity contribution in [1.29, 1.82) is 0 Å². The molecular formula is C20H21NO2. The third-order valence-corrected chi connectivity index (χ3v) is 4.05. The van der Waals surface area contributed by atoms with Gasteiger partial charge in [-0.25, -0.2) is 0 Å². The molecule has 23 heavy (non-hydrogen) atoms. The lowest BCUT2D eigenvalue weighted by atomic mass is 10.00. The summed E-state index contributed by atoms with van der Waals surface area (Å²) in [5.74, 6) is 0.914. The lowest BCUT2D eigenvalue weighted by Crippen LogP contribution is -2.34. The van der Waals surface area contributed by atoms with E-state index in [4.69, 9.17) is 4.74 Å². The Morgan fingerprint density at radius 3 is 2.61 bits per heavy atom. The second-order valence-electron chi connectivity index (χ2n) is 5.61. The molecule has 0 aromatic heterocycles. The van der Waals surface area contributed by atoms with Crippen LogP contribution in [0.4, 0.5) is 0 Å². The summed E-state index contributed by atoms with van der Waals surface area (Å²) in [5.41, 5.74) is 3.60. The predicted molar refractivity (Wildman–Crippen MR) is 92.2 cm³/mol. The first-order valence-corrected chi connectivity index (χ1v) is 8.03. The van der Waals surface area contributed by atoms with Gasteiger partial charge in [0, 0.05) is 19.2 Å². The normalized spacial score (nSPS) is 13.9. The molecule has 1 aliphatic rings. The van der Waals surface area contributed by atoms with Gasteiger partial charge in [-0.15, -0.1) is 0 Å². The molecule has 3 rings (SSSR count). The van der Waals surface area contributed by atoms with Gasteiger partial charge in [0.2, 0.25) is 5.91 Å². The van der Waals surface area contributed by atoms with E-state index in [0.29, 0.717) is 13.2 Å². The first-order valence-electron chi connectivity index (χ1n) is 8.03. The van der Waals surface area contributed by atoms with Gasteiger partial charge in [-0.1, -0.05) is 36.4 Å². The van der Waals surface area contributed by atoms with Crippen LogP contribution in [0.2, 0.25) is 0 Å². The fraction of sp³-hybridized carbons (Fsp3) is 0.250. The van der Waals surface area contributed by atoms with Crippen LogP contribution >= 0.6 is 0 Å². The Bertz CT molecular complexity index is 704. The standard InChI is InChI=1S/C20H21NO2/c1-2-23-19-10-7-16(8-11-19)9-12-20(22)21-14-13-17-5-3-4-6-18(17)15-21/h3-12H,2,13-15H2,1H3/b12-9+. The molecule has 1 aliphatic heterocycles. The van der Waals surface area contributed by atoms with Gasteiger partial charge in [0.25, 0.3) is 0 Å². The highest BCUT2D eigenvalue weighted by Crippen LogP contribution is 2.19. The number of carbonyl (C=O) groups excluding carboxylic acids is 1. The summed E-state index contributed by atoms with van der Waals surface area (Å²) in [6, 6.07) is 16.1. The van der Waals surface area contributed by atoms with Crippen molar-refractivity contribution in [2.24, 2.45) is 0 Å². The minimum Gasteiger partial charge on any atom is -0.494 e. The van der Waals surface area contributed by atoms with Crippen molar-refractivity contribution in [3.63, 3.8) is 0 Å². The SMILES string of the molecule is CCOc1ccc(/C=C/C(=O)N2CCc3ccccc3C2)cc1. The van der Waals surface area contributed by atoms with Gasteiger partial charge in [0.15, 0.2) is 0 Å². The van der Waals surface area contributed by atoms with Crippen LogP contribution in [0.15, 0.2) is 54.6 Å². The zero-order chi connectivity index (χ0) is 16.1. The second-order valence-corrected chi connectivity index (χ2v) is 5.61. The van der Waals surface area contributed by atoms with E-state index in [2.05, 4.69) is 18.2 Å². The van der Waals surface area contributed by atoms with Gasteiger partial charge in [-0.05, 0) is 48.2 Å². The summed E-state index contributed by atoms with van der Waals surface area (Å²) in [6.45, 7) is 4.10. The molecule has 0 atom stereocenters. The van der Waals surface area contributed by atoms with E-state index in [-0.39, 0.29) is 5.91 Å². The largest absolute Gasteiger partial charge is 0.494 e. The molecule has 0 fully saturated rings. The highest BCUT2D eigenvalue weighted by molar-refractivity contribution is 5.91. The van der Waals surface area contributed by atoms with Crippen LogP contribution in [-0.2, 0) is 17.8 Å².